The van der Waals surface area contributed by atoms with Crippen molar-refractivity contribution in [2.75, 3.05) is 6.61 Å². The van der Waals surface area contributed by atoms with Gasteiger partial charge >= 0.3 is 0 Å². The minimum absolute atomic E-state index is 0.0324. The van der Waals surface area contributed by atoms with E-state index in [4.69, 9.17) is 5.11 Å². The van der Waals surface area contributed by atoms with Gasteiger partial charge in [-0.25, -0.2) is 0 Å². The molecule has 1 aromatic heterocycles. The highest BCUT2D eigenvalue weighted by molar-refractivity contribution is 7.10. The second kappa shape index (κ2) is 8.14. The smallest absolute Gasteiger partial charge is 0.222 e. The van der Waals surface area contributed by atoms with Crippen molar-refractivity contribution in [3.8, 4) is 0 Å². The largest absolute Gasteiger partial charge is 0.396 e. The normalized spacial score (nSPS) is 15.0. The van der Waals surface area contributed by atoms with Crippen molar-refractivity contribution in [3.63, 3.8) is 0 Å². The molecule has 1 aromatic rings. The van der Waals surface area contributed by atoms with E-state index in [1.165, 1.54) is 18.3 Å². The third-order valence-corrected chi connectivity index (χ3v) is 4.52. The van der Waals surface area contributed by atoms with Crippen LogP contribution in [-0.2, 0) is 9.59 Å². The minimum atomic E-state index is -0.415. The Morgan fingerprint density at radius 2 is 2.19 bits per heavy atom. The molecule has 3 N–H and O–H groups in total. The van der Waals surface area contributed by atoms with Crippen molar-refractivity contribution < 1.29 is 14.7 Å². The lowest BCUT2D eigenvalue weighted by Gasteiger charge is -2.30. The molecule has 0 saturated heterocycles. The van der Waals surface area contributed by atoms with E-state index in [2.05, 4.69) is 10.6 Å². The quantitative estimate of drug-likeness (QED) is 0.687. The van der Waals surface area contributed by atoms with Crippen molar-refractivity contribution in [1.82, 2.24) is 10.6 Å². The highest BCUT2D eigenvalue weighted by Crippen LogP contribution is 2.23. The molecule has 0 saturated carbocycles. The number of rotatable bonds is 8. The van der Waals surface area contributed by atoms with Gasteiger partial charge in [-0.1, -0.05) is 13.0 Å². The van der Waals surface area contributed by atoms with Gasteiger partial charge in [0.2, 0.25) is 11.8 Å². The zero-order chi connectivity index (χ0) is 15.9. The number of carbonyl (C=O) groups is 2. The highest BCUT2D eigenvalue weighted by Gasteiger charge is 2.26. The monoisotopic (exact) mass is 312 g/mol. The lowest BCUT2D eigenvalue weighted by atomic mass is 9.94. The summed E-state index contributed by atoms with van der Waals surface area (Å²) >= 11 is 1.51. The summed E-state index contributed by atoms with van der Waals surface area (Å²) in [6.45, 7) is 5.37. The summed E-state index contributed by atoms with van der Waals surface area (Å²) in [5, 5.41) is 16.8. The van der Waals surface area contributed by atoms with Crippen molar-refractivity contribution in [3.05, 3.63) is 22.4 Å². The van der Waals surface area contributed by atoms with E-state index in [-0.39, 0.29) is 30.9 Å². The predicted octanol–water partition coefficient (Wildman–Crippen LogP) is 1.98. The Bertz CT molecular complexity index is 461. The van der Waals surface area contributed by atoms with Crippen LogP contribution < -0.4 is 10.6 Å². The Hall–Kier alpha value is -1.40. The van der Waals surface area contributed by atoms with E-state index < -0.39 is 5.54 Å². The number of amides is 2. The van der Waals surface area contributed by atoms with Crippen molar-refractivity contribution in [2.24, 2.45) is 0 Å². The second-order valence-electron chi connectivity index (χ2n) is 5.41. The average Bonchev–Trinajstić information content (AvgIpc) is 2.91. The molecule has 0 bridgehead atoms. The molecule has 21 heavy (non-hydrogen) atoms. The first-order valence-corrected chi connectivity index (χ1v) is 8.00. The summed E-state index contributed by atoms with van der Waals surface area (Å²) in [4.78, 5) is 24.5. The summed E-state index contributed by atoms with van der Waals surface area (Å²) in [7, 11) is 0. The fourth-order valence-corrected chi connectivity index (χ4v) is 2.88. The minimum Gasteiger partial charge on any atom is -0.396 e. The van der Waals surface area contributed by atoms with Crippen LogP contribution in [0.3, 0.4) is 0 Å². The van der Waals surface area contributed by atoms with Crippen LogP contribution in [-0.4, -0.2) is 29.1 Å². The first-order chi connectivity index (χ1) is 9.90. The van der Waals surface area contributed by atoms with Crippen LogP contribution in [0.2, 0.25) is 0 Å². The van der Waals surface area contributed by atoms with Gasteiger partial charge in [-0.2, -0.15) is 0 Å². The Labute approximate surface area is 129 Å². The van der Waals surface area contributed by atoms with Crippen LogP contribution in [0.25, 0.3) is 0 Å². The van der Waals surface area contributed by atoms with Gasteiger partial charge in [0.25, 0.3) is 0 Å². The molecular weight excluding hydrogens is 288 g/mol. The molecule has 118 valence electrons. The highest BCUT2D eigenvalue weighted by atomic mass is 32.1. The van der Waals surface area contributed by atoms with E-state index >= 15 is 0 Å². The number of aliphatic hydroxyl groups is 1. The molecule has 2 unspecified atom stereocenters. The molecular formula is C15H24N2O3S. The SMILES string of the molecule is CCC(C)(CCO)NC(=O)CC(NC(C)=O)c1cccs1. The first kappa shape index (κ1) is 17.7. The topological polar surface area (TPSA) is 78.4 Å². The predicted molar refractivity (Wildman–Crippen MR) is 84.0 cm³/mol. The molecule has 2 atom stereocenters. The van der Waals surface area contributed by atoms with Crippen molar-refractivity contribution >= 4 is 23.2 Å². The molecule has 6 heteroatoms. The number of hydrogen-bond donors (Lipinski definition) is 3. The Morgan fingerprint density at radius 1 is 1.48 bits per heavy atom. The van der Waals surface area contributed by atoms with E-state index in [1.807, 2.05) is 31.4 Å². The van der Waals surface area contributed by atoms with Crippen LogP contribution >= 0.6 is 11.3 Å². The van der Waals surface area contributed by atoms with E-state index in [1.54, 1.807) is 0 Å². The van der Waals surface area contributed by atoms with E-state index in [0.29, 0.717) is 6.42 Å². The van der Waals surface area contributed by atoms with Gasteiger partial charge in [0.1, 0.15) is 0 Å². The molecule has 0 aliphatic carbocycles. The summed E-state index contributed by atoms with van der Waals surface area (Å²) in [6.07, 6.45) is 1.45. The van der Waals surface area contributed by atoms with Gasteiger partial charge in [0.05, 0.1) is 12.5 Å². The van der Waals surface area contributed by atoms with E-state index in [0.717, 1.165) is 11.3 Å². The number of nitrogens with one attached hydrogen (secondary N) is 2. The Balaban J connectivity index is 2.70. The zero-order valence-corrected chi connectivity index (χ0v) is 13.6. The number of hydrogen-bond acceptors (Lipinski definition) is 4. The molecule has 0 aromatic carbocycles. The molecule has 2 amide bonds. The van der Waals surface area contributed by atoms with Gasteiger partial charge in [0.15, 0.2) is 0 Å². The third kappa shape index (κ3) is 5.85. The summed E-state index contributed by atoms with van der Waals surface area (Å²) in [5.74, 6) is -0.283. The van der Waals surface area contributed by atoms with Crippen LogP contribution in [0.4, 0.5) is 0 Å². The third-order valence-electron chi connectivity index (χ3n) is 3.54. The lowest BCUT2D eigenvalue weighted by molar-refractivity contribution is -0.124. The Morgan fingerprint density at radius 3 is 2.67 bits per heavy atom. The van der Waals surface area contributed by atoms with E-state index in [9.17, 15) is 9.59 Å². The zero-order valence-electron chi connectivity index (χ0n) is 12.8. The van der Waals surface area contributed by atoms with Gasteiger partial charge < -0.3 is 15.7 Å². The Kier molecular flexibility index (Phi) is 6.84. The molecule has 0 spiro atoms. The fraction of sp³-hybridized carbons (Fsp3) is 0.600. The first-order valence-electron chi connectivity index (χ1n) is 7.12. The van der Waals surface area contributed by atoms with Crippen LogP contribution in [0.5, 0.6) is 0 Å². The summed E-state index contributed by atoms with van der Waals surface area (Å²) in [6, 6.07) is 3.50. The van der Waals surface area contributed by atoms with Crippen LogP contribution in [0.1, 0.15) is 51.0 Å². The second-order valence-corrected chi connectivity index (χ2v) is 6.39. The van der Waals surface area contributed by atoms with Crippen molar-refractivity contribution in [1.29, 1.82) is 0 Å². The van der Waals surface area contributed by atoms with Crippen LogP contribution in [0.15, 0.2) is 17.5 Å². The van der Waals surface area contributed by atoms with Gasteiger partial charge in [-0.05, 0) is 31.2 Å². The summed E-state index contributed by atoms with van der Waals surface area (Å²) < 4.78 is 0. The van der Waals surface area contributed by atoms with Gasteiger partial charge in [-0.3, -0.25) is 9.59 Å². The van der Waals surface area contributed by atoms with Gasteiger partial charge in [-0.15, -0.1) is 11.3 Å². The molecule has 1 rings (SSSR count). The lowest BCUT2D eigenvalue weighted by Crippen LogP contribution is -2.47. The standard InChI is InChI=1S/C15H24N2O3S/c1-4-15(3,7-8-18)17-14(20)10-12(16-11(2)19)13-6-5-9-21-13/h5-6,9,12,18H,4,7-8,10H2,1-3H3,(H,16,19)(H,17,20). The maximum absolute atomic E-state index is 12.2. The summed E-state index contributed by atoms with van der Waals surface area (Å²) in [5.41, 5.74) is -0.415. The molecule has 0 aliphatic rings. The number of aliphatic hydroxyl groups excluding tert-OH is 1. The molecule has 5 nitrogen and oxygen atoms in total. The molecule has 1 heterocycles. The van der Waals surface area contributed by atoms with Crippen molar-refractivity contribution in [2.45, 2.75) is 51.6 Å². The molecule has 0 radical (unpaired) electrons. The average molecular weight is 312 g/mol. The number of thiophene rings is 1. The maximum Gasteiger partial charge on any atom is 0.222 e. The maximum atomic E-state index is 12.2. The van der Waals surface area contributed by atoms with Crippen LogP contribution in [0, 0.1) is 0 Å². The molecule has 0 aliphatic heterocycles. The fourth-order valence-electron chi connectivity index (χ4n) is 2.11. The number of carbonyl (C=O) groups excluding carboxylic acids is 2. The molecule has 0 fully saturated rings. The van der Waals surface area contributed by atoms with Gasteiger partial charge in [0, 0.05) is 23.9 Å².